The van der Waals surface area contributed by atoms with Crippen molar-refractivity contribution < 1.29 is 25.5 Å². The first-order chi connectivity index (χ1) is 1.00. The molecule has 0 N–H and O–H groups in total. The van der Waals surface area contributed by atoms with Crippen LogP contribution < -0.4 is 0 Å². The third-order valence-corrected chi connectivity index (χ3v) is 0. The van der Waals surface area contributed by atoms with Crippen molar-refractivity contribution in [2.45, 2.75) is 0 Å². The molecule has 27 valence electrons. The first-order valence-corrected chi connectivity index (χ1v) is 1.37. The van der Waals surface area contributed by atoms with Crippen molar-refractivity contribution in [1.29, 1.82) is 0 Å². The third-order valence-electron chi connectivity index (χ3n) is 0. The van der Waals surface area contributed by atoms with Crippen LogP contribution >= 0.6 is 0 Å². The Kier molecular flexibility index (Phi) is 77.3. The van der Waals surface area contributed by atoms with Gasteiger partial charge in [0.2, 0.25) is 0 Å². The molecular weight excluding hydrogens is 357 g/mol. The first kappa shape index (κ1) is 16.4. The zero-order valence-corrected chi connectivity index (χ0v) is 5.55. The number of hydrogen-bond donors (Lipinski definition) is 0. The molecule has 0 aliphatic heterocycles. The molecule has 4 heavy (non-hydrogen) atoms. The molecule has 0 aromatic carbocycles. The fourth-order valence-electron chi connectivity index (χ4n) is 0. The van der Waals surface area contributed by atoms with E-state index in [0.717, 1.165) is 0 Å². The molecule has 0 amide bonds. The zero-order chi connectivity index (χ0) is 2.00. The summed E-state index contributed by atoms with van der Waals surface area (Å²) >= 11 is 0.300. The number of hydrogen-bond acceptors (Lipinski definition) is 1. The quantitative estimate of drug-likeness (QED) is 0.472. The summed E-state index contributed by atoms with van der Waals surface area (Å²) in [6.07, 6.45) is 0. The van der Waals surface area contributed by atoms with E-state index in [1.54, 1.807) is 0 Å². The van der Waals surface area contributed by atoms with Crippen LogP contribution in [0.1, 0.15) is 0 Å². The molecule has 0 saturated carbocycles. The summed E-state index contributed by atoms with van der Waals surface area (Å²) in [4.78, 5) is 0. The standard InChI is InChI=1S/Ag.In.O.Sn.3H. The van der Waals surface area contributed by atoms with Crippen molar-refractivity contribution in [1.82, 2.24) is 0 Å². The van der Waals surface area contributed by atoms with E-state index in [2.05, 4.69) is 0 Å². The third kappa shape index (κ3) is 8.88. The molecule has 0 unspecified atom stereocenters. The van der Waals surface area contributed by atoms with Gasteiger partial charge in [0.15, 0.2) is 0 Å². The van der Waals surface area contributed by atoms with E-state index in [9.17, 15) is 0 Å². The summed E-state index contributed by atoms with van der Waals surface area (Å²) in [5.74, 6) is 0. The van der Waals surface area contributed by atoms with E-state index in [0.29, 0.717) is 22.5 Å². The van der Waals surface area contributed by atoms with Crippen molar-refractivity contribution in [2.24, 2.45) is 0 Å². The summed E-state index contributed by atoms with van der Waals surface area (Å²) < 4.78 is 8.34. The molecule has 3 radical (unpaired) electrons. The van der Waals surface area contributed by atoms with Gasteiger partial charge in [0.25, 0.3) is 0 Å². The van der Waals surface area contributed by atoms with Crippen molar-refractivity contribution in [3.05, 3.63) is 0 Å². The van der Waals surface area contributed by atoms with Crippen LogP contribution in [0.2, 0.25) is 0 Å². The predicted molar refractivity (Wildman–Crippen MR) is 16.4 cm³/mol. The normalized spacial score (nSPS) is 1.00. The Morgan fingerprint density at radius 1 is 1.25 bits per heavy atom. The Bertz CT molecular complexity index is 8.00. The first-order valence-electron chi connectivity index (χ1n) is 0.204. The predicted octanol–water partition coefficient (Wildman–Crippen LogP) is -1.69. The number of rotatable bonds is 0. The molecule has 0 spiro atoms. The SMILES string of the molecule is [Ag].[InH3].[O]=[Sn]. The van der Waals surface area contributed by atoms with E-state index >= 15 is 0 Å². The van der Waals surface area contributed by atoms with Gasteiger partial charge in [-0.1, -0.05) is 0 Å². The van der Waals surface area contributed by atoms with Crippen LogP contribution in [0.4, 0.5) is 0 Å². The summed E-state index contributed by atoms with van der Waals surface area (Å²) in [5, 5.41) is 0. The fourth-order valence-corrected chi connectivity index (χ4v) is 0. The van der Waals surface area contributed by atoms with Crippen LogP contribution in [0.15, 0.2) is 0 Å². The van der Waals surface area contributed by atoms with Gasteiger partial charge in [-0.05, 0) is 0 Å². The van der Waals surface area contributed by atoms with Crippen LogP contribution in [-0.4, -0.2) is 48.4 Å². The van der Waals surface area contributed by atoms with Crippen LogP contribution in [0.25, 0.3) is 0 Å². The van der Waals surface area contributed by atoms with Gasteiger partial charge in [0, 0.05) is 22.4 Å². The molecule has 1 nitrogen and oxygen atoms in total. The van der Waals surface area contributed by atoms with Crippen molar-refractivity contribution in [3.63, 3.8) is 0 Å². The van der Waals surface area contributed by atoms with E-state index in [-0.39, 0.29) is 48.2 Å². The summed E-state index contributed by atoms with van der Waals surface area (Å²) in [5.41, 5.74) is 0. The van der Waals surface area contributed by atoms with E-state index in [4.69, 9.17) is 3.08 Å². The molecule has 0 bridgehead atoms. The van der Waals surface area contributed by atoms with Crippen molar-refractivity contribution >= 4 is 48.4 Å². The average molecular weight is 360 g/mol. The zero-order valence-electron chi connectivity index (χ0n) is 1.21. The van der Waals surface area contributed by atoms with Gasteiger partial charge in [-0.25, -0.2) is 0 Å². The minimum atomic E-state index is 0. The van der Waals surface area contributed by atoms with Crippen LogP contribution in [-0.2, 0) is 25.5 Å². The summed E-state index contributed by atoms with van der Waals surface area (Å²) in [7, 11) is 0. The Labute approximate surface area is 72.7 Å². The van der Waals surface area contributed by atoms with Gasteiger partial charge in [0.05, 0.1) is 0 Å². The molecule has 0 aromatic rings. The molecule has 0 saturated heterocycles. The Balaban J connectivity index is -0.00000000500. The van der Waals surface area contributed by atoms with Crippen molar-refractivity contribution in [2.75, 3.05) is 0 Å². The molecular formula is H3AgInOSn. The van der Waals surface area contributed by atoms with Gasteiger partial charge < -0.3 is 0 Å². The maximum atomic E-state index is 8.34. The van der Waals surface area contributed by atoms with Crippen molar-refractivity contribution in [3.8, 4) is 0 Å². The molecule has 0 aromatic heterocycles. The van der Waals surface area contributed by atoms with E-state index in [1.165, 1.54) is 0 Å². The fraction of sp³-hybridized carbons (Fsp3) is 0. The molecule has 0 atom stereocenters. The van der Waals surface area contributed by atoms with Gasteiger partial charge >= 0.3 is 51.4 Å². The second-order valence-electron chi connectivity index (χ2n) is 0. The van der Waals surface area contributed by atoms with E-state index in [1.807, 2.05) is 0 Å². The molecule has 0 aliphatic carbocycles. The Morgan fingerprint density at radius 3 is 1.25 bits per heavy atom. The van der Waals surface area contributed by atoms with Crippen LogP contribution in [0, 0.1) is 0 Å². The Morgan fingerprint density at radius 2 is 1.25 bits per heavy atom. The monoisotopic (exact) mass is 361 g/mol. The second-order valence-corrected chi connectivity index (χ2v) is 0. The van der Waals surface area contributed by atoms with Crippen LogP contribution in [0.5, 0.6) is 0 Å². The maximum absolute atomic E-state index is 8.34. The van der Waals surface area contributed by atoms with Gasteiger partial charge in [0.1, 0.15) is 0 Å². The molecule has 0 fully saturated rings. The molecule has 0 aliphatic rings. The summed E-state index contributed by atoms with van der Waals surface area (Å²) in [6, 6.07) is 0. The molecule has 4 heteroatoms. The van der Waals surface area contributed by atoms with E-state index < -0.39 is 0 Å². The summed E-state index contributed by atoms with van der Waals surface area (Å²) in [6.45, 7) is 0. The molecule has 0 rings (SSSR count). The van der Waals surface area contributed by atoms with Crippen LogP contribution in [0.3, 0.4) is 0 Å². The van der Waals surface area contributed by atoms with Gasteiger partial charge in [-0.3, -0.25) is 0 Å². The molecule has 0 heterocycles. The van der Waals surface area contributed by atoms with Gasteiger partial charge in [-0.15, -0.1) is 0 Å². The average Bonchev–Trinajstić information content (AvgIpc) is 1.00. The Hall–Kier alpha value is 2.21. The second kappa shape index (κ2) is 18.9. The van der Waals surface area contributed by atoms with Gasteiger partial charge in [-0.2, -0.15) is 0 Å². The topological polar surface area (TPSA) is 17.1 Å². The minimum absolute atomic E-state index is 0.